The van der Waals surface area contributed by atoms with Crippen LogP contribution in [0.4, 0.5) is 0 Å². The lowest BCUT2D eigenvalue weighted by atomic mass is 9.79. The summed E-state index contributed by atoms with van der Waals surface area (Å²) in [4.78, 5) is 0. The smallest absolute Gasteiger partial charge is 0.119 e. The van der Waals surface area contributed by atoms with Crippen LogP contribution < -0.4 is 4.74 Å². The van der Waals surface area contributed by atoms with Gasteiger partial charge >= 0.3 is 0 Å². The molecule has 0 aliphatic heterocycles. The monoisotopic (exact) mass is 300 g/mol. The highest BCUT2D eigenvalue weighted by molar-refractivity contribution is 6.21. The topological polar surface area (TPSA) is 9.23 Å². The molecule has 110 valence electrons. The summed E-state index contributed by atoms with van der Waals surface area (Å²) in [7, 11) is 1.70. The van der Waals surface area contributed by atoms with Crippen LogP contribution in [0.5, 0.6) is 5.75 Å². The number of methoxy groups -OCH3 is 1. The van der Waals surface area contributed by atoms with Gasteiger partial charge in [0.2, 0.25) is 0 Å². The molecule has 0 aromatic heterocycles. The fourth-order valence-corrected chi connectivity index (χ4v) is 3.90. The summed E-state index contributed by atoms with van der Waals surface area (Å²) in [5, 5.41) is 0.0253. The molecule has 2 aromatic rings. The van der Waals surface area contributed by atoms with Crippen LogP contribution in [0, 0.1) is 6.92 Å². The lowest BCUT2D eigenvalue weighted by molar-refractivity contribution is 0.414. The Morgan fingerprint density at radius 1 is 1.19 bits per heavy atom. The molecular formula is C19H21ClO. The Hall–Kier alpha value is -1.47. The van der Waals surface area contributed by atoms with Gasteiger partial charge in [-0.15, -0.1) is 11.6 Å². The zero-order valence-corrected chi connectivity index (χ0v) is 13.4. The van der Waals surface area contributed by atoms with Gasteiger partial charge in [0.25, 0.3) is 0 Å². The summed E-state index contributed by atoms with van der Waals surface area (Å²) in [5.41, 5.74) is 5.32. The van der Waals surface area contributed by atoms with Gasteiger partial charge < -0.3 is 4.74 Å². The van der Waals surface area contributed by atoms with Crippen molar-refractivity contribution in [2.75, 3.05) is 7.11 Å². The maximum Gasteiger partial charge on any atom is 0.119 e. The molecule has 1 aliphatic carbocycles. The number of alkyl halides is 1. The van der Waals surface area contributed by atoms with E-state index in [1.165, 1.54) is 35.1 Å². The number of rotatable bonds is 3. The van der Waals surface area contributed by atoms with E-state index >= 15 is 0 Å². The molecule has 1 aliphatic rings. The van der Waals surface area contributed by atoms with Crippen molar-refractivity contribution < 1.29 is 4.74 Å². The Morgan fingerprint density at radius 3 is 2.76 bits per heavy atom. The van der Waals surface area contributed by atoms with Crippen LogP contribution in [0.15, 0.2) is 42.5 Å². The molecule has 0 spiro atoms. The number of halogens is 1. The van der Waals surface area contributed by atoms with Crippen LogP contribution in [0.2, 0.25) is 0 Å². The van der Waals surface area contributed by atoms with E-state index in [1.807, 2.05) is 6.07 Å². The first-order chi connectivity index (χ1) is 10.2. The zero-order chi connectivity index (χ0) is 14.8. The molecule has 0 radical (unpaired) electrons. The first kappa shape index (κ1) is 14.5. The number of ether oxygens (including phenoxy) is 1. The minimum absolute atomic E-state index is 0.0253. The third kappa shape index (κ3) is 2.80. The highest BCUT2D eigenvalue weighted by Gasteiger charge is 2.28. The number of aryl methyl sites for hydroxylation is 2. The second-order valence-corrected chi connectivity index (χ2v) is 6.29. The molecule has 0 saturated carbocycles. The van der Waals surface area contributed by atoms with E-state index < -0.39 is 0 Å². The van der Waals surface area contributed by atoms with Crippen LogP contribution in [0.3, 0.4) is 0 Å². The van der Waals surface area contributed by atoms with Crippen LogP contribution >= 0.6 is 11.6 Å². The summed E-state index contributed by atoms with van der Waals surface area (Å²) in [5.74, 6) is 1.30. The molecule has 1 nitrogen and oxygen atoms in total. The van der Waals surface area contributed by atoms with Crippen molar-refractivity contribution in [2.45, 2.75) is 37.5 Å². The lowest BCUT2D eigenvalue weighted by Crippen LogP contribution is -2.14. The first-order valence-corrected chi connectivity index (χ1v) is 8.00. The standard InChI is InChI=1S/C19H21ClO/c1-13-12-15(21-2)10-11-16(13)19(20)18-9-5-7-14-6-3-4-8-17(14)18/h3-4,6,8,10-12,18-19H,5,7,9H2,1-2H3. The van der Waals surface area contributed by atoms with Crippen molar-refractivity contribution >= 4 is 11.6 Å². The van der Waals surface area contributed by atoms with Gasteiger partial charge in [0.1, 0.15) is 5.75 Å². The van der Waals surface area contributed by atoms with Gasteiger partial charge in [-0.25, -0.2) is 0 Å². The van der Waals surface area contributed by atoms with Crippen LogP contribution in [0.25, 0.3) is 0 Å². The maximum absolute atomic E-state index is 6.87. The van der Waals surface area contributed by atoms with Crippen molar-refractivity contribution in [1.82, 2.24) is 0 Å². The number of hydrogen-bond acceptors (Lipinski definition) is 1. The number of hydrogen-bond donors (Lipinski definition) is 0. The van der Waals surface area contributed by atoms with Gasteiger partial charge in [-0.1, -0.05) is 30.3 Å². The summed E-state index contributed by atoms with van der Waals surface area (Å²) in [6, 6.07) is 14.9. The van der Waals surface area contributed by atoms with Gasteiger partial charge in [-0.05, 0) is 60.6 Å². The predicted molar refractivity (Wildman–Crippen MR) is 88.4 cm³/mol. The fraction of sp³-hybridized carbons (Fsp3) is 0.368. The van der Waals surface area contributed by atoms with E-state index in [2.05, 4.69) is 43.3 Å². The van der Waals surface area contributed by atoms with E-state index in [1.54, 1.807) is 7.11 Å². The minimum Gasteiger partial charge on any atom is -0.497 e. The van der Waals surface area contributed by atoms with Crippen LogP contribution in [-0.2, 0) is 6.42 Å². The van der Waals surface area contributed by atoms with Gasteiger partial charge in [0.05, 0.1) is 12.5 Å². The molecule has 2 aromatic carbocycles. The minimum atomic E-state index is 0.0253. The third-order valence-electron chi connectivity index (χ3n) is 4.54. The van der Waals surface area contributed by atoms with E-state index in [0.717, 1.165) is 12.2 Å². The Kier molecular flexibility index (Phi) is 4.21. The average molecular weight is 301 g/mol. The Bertz CT molecular complexity index is 635. The van der Waals surface area contributed by atoms with Crippen molar-refractivity contribution in [3.05, 3.63) is 64.7 Å². The second kappa shape index (κ2) is 6.11. The molecule has 3 rings (SSSR count). The van der Waals surface area contributed by atoms with Gasteiger partial charge in [0.15, 0.2) is 0 Å². The largest absolute Gasteiger partial charge is 0.497 e. The molecule has 2 heteroatoms. The normalized spacial score (nSPS) is 18.9. The van der Waals surface area contributed by atoms with E-state index in [4.69, 9.17) is 16.3 Å². The molecule has 0 bridgehead atoms. The van der Waals surface area contributed by atoms with Gasteiger partial charge in [0, 0.05) is 5.92 Å². The SMILES string of the molecule is COc1ccc(C(Cl)C2CCCc3ccccc32)c(C)c1. The molecule has 0 fully saturated rings. The van der Waals surface area contributed by atoms with Crippen molar-refractivity contribution in [1.29, 1.82) is 0 Å². The zero-order valence-electron chi connectivity index (χ0n) is 12.6. The molecule has 21 heavy (non-hydrogen) atoms. The van der Waals surface area contributed by atoms with Crippen LogP contribution in [0.1, 0.15) is 46.4 Å². The van der Waals surface area contributed by atoms with Gasteiger partial charge in [-0.2, -0.15) is 0 Å². The fourth-order valence-electron chi connectivity index (χ4n) is 3.40. The predicted octanol–water partition coefficient (Wildman–Crippen LogP) is 5.40. The molecule has 0 N–H and O–H groups in total. The molecule has 2 unspecified atom stereocenters. The molecule has 0 heterocycles. The van der Waals surface area contributed by atoms with E-state index in [9.17, 15) is 0 Å². The molecule has 0 amide bonds. The summed E-state index contributed by atoms with van der Waals surface area (Å²) < 4.78 is 5.29. The Morgan fingerprint density at radius 2 is 2.00 bits per heavy atom. The lowest BCUT2D eigenvalue weighted by Gasteiger charge is -2.30. The van der Waals surface area contributed by atoms with Crippen molar-refractivity contribution in [3.8, 4) is 5.75 Å². The first-order valence-electron chi connectivity index (χ1n) is 7.57. The molecule has 0 saturated heterocycles. The van der Waals surface area contributed by atoms with Crippen LogP contribution in [-0.4, -0.2) is 7.11 Å². The summed E-state index contributed by atoms with van der Waals surface area (Å²) in [6.07, 6.45) is 3.56. The Balaban J connectivity index is 1.94. The van der Waals surface area contributed by atoms with Crippen molar-refractivity contribution in [2.24, 2.45) is 0 Å². The molecule has 2 atom stereocenters. The second-order valence-electron chi connectivity index (χ2n) is 5.82. The number of fused-ring (bicyclic) bond motifs is 1. The van der Waals surface area contributed by atoms with E-state index in [-0.39, 0.29) is 5.38 Å². The highest BCUT2D eigenvalue weighted by Crippen LogP contribution is 2.44. The van der Waals surface area contributed by atoms with Gasteiger partial charge in [-0.3, -0.25) is 0 Å². The quantitative estimate of drug-likeness (QED) is 0.689. The van der Waals surface area contributed by atoms with Crippen molar-refractivity contribution in [3.63, 3.8) is 0 Å². The summed E-state index contributed by atoms with van der Waals surface area (Å²) in [6.45, 7) is 2.11. The highest BCUT2D eigenvalue weighted by atomic mass is 35.5. The number of benzene rings is 2. The summed E-state index contributed by atoms with van der Waals surface area (Å²) >= 11 is 6.87. The average Bonchev–Trinajstić information content (AvgIpc) is 2.53. The Labute approximate surface area is 131 Å². The third-order valence-corrected chi connectivity index (χ3v) is 5.08. The van der Waals surface area contributed by atoms with E-state index in [0.29, 0.717) is 5.92 Å². The molecular weight excluding hydrogens is 280 g/mol. The maximum atomic E-state index is 6.87.